The molecule has 0 aliphatic carbocycles. The van der Waals surface area contributed by atoms with E-state index in [2.05, 4.69) is 141 Å². The third-order valence-electron chi connectivity index (χ3n) is 6.93. The lowest BCUT2D eigenvalue weighted by Gasteiger charge is -2.31. The van der Waals surface area contributed by atoms with Crippen LogP contribution < -0.4 is 4.90 Å². The van der Waals surface area contributed by atoms with Crippen LogP contribution in [0.5, 0.6) is 0 Å². The molecule has 1 atom stereocenters. The topological polar surface area (TPSA) is 3.24 Å². The van der Waals surface area contributed by atoms with E-state index in [9.17, 15) is 0 Å². The lowest BCUT2D eigenvalue weighted by atomic mass is 9.91. The first-order chi connectivity index (χ1) is 15.3. The second kappa shape index (κ2) is 8.85. The summed E-state index contributed by atoms with van der Waals surface area (Å²) < 4.78 is 0. The fourth-order valence-corrected chi connectivity index (χ4v) is 4.82. The molecule has 0 spiro atoms. The van der Waals surface area contributed by atoms with Crippen molar-refractivity contribution in [1.29, 1.82) is 0 Å². The maximum atomic E-state index is 3.79. The summed E-state index contributed by atoms with van der Waals surface area (Å²) in [6, 6.07) is 32.6. The maximum absolute atomic E-state index is 3.79. The average molecular weight is 436 g/mol. The molecule has 162 valence electrons. The zero-order valence-corrected chi connectivity index (χ0v) is 20.9. The minimum atomic E-state index is -1.72. The molecule has 0 N–H and O–H groups in total. The molecule has 0 aromatic heterocycles. The van der Waals surface area contributed by atoms with Crippen LogP contribution in [0.15, 0.2) is 96.6 Å². The second-order valence-electron chi connectivity index (χ2n) is 10.2. The molecular formula is C30H33NSi. The Hall–Kier alpha value is -3.02. The Morgan fingerprint density at radius 2 is 1.31 bits per heavy atom. The van der Waals surface area contributed by atoms with Crippen LogP contribution >= 0.6 is 0 Å². The van der Waals surface area contributed by atoms with Gasteiger partial charge in [0.25, 0.3) is 0 Å². The van der Waals surface area contributed by atoms with Crippen LogP contribution in [0.3, 0.4) is 0 Å². The van der Waals surface area contributed by atoms with Crippen LogP contribution in [0.1, 0.15) is 37.9 Å². The molecule has 0 fully saturated rings. The molecular weight excluding hydrogens is 402 g/mol. The van der Waals surface area contributed by atoms with Crippen molar-refractivity contribution in [3.63, 3.8) is 0 Å². The summed E-state index contributed by atoms with van der Waals surface area (Å²) in [5, 5.41) is 0.240. The molecule has 1 unspecified atom stereocenters. The second-order valence-corrected chi connectivity index (χ2v) is 15.2. The fourth-order valence-electron chi connectivity index (χ4n) is 3.99. The predicted molar refractivity (Wildman–Crippen MR) is 141 cm³/mol. The first-order valence-electron chi connectivity index (χ1n) is 11.5. The van der Waals surface area contributed by atoms with Gasteiger partial charge in [0.05, 0.1) is 12.6 Å². The summed E-state index contributed by atoms with van der Waals surface area (Å²) in [5.74, 6) is 3.73. The Morgan fingerprint density at radius 1 is 0.781 bits per heavy atom. The predicted octanol–water partition coefficient (Wildman–Crippen LogP) is 7.75. The molecule has 3 aromatic carbocycles. The van der Waals surface area contributed by atoms with Crippen molar-refractivity contribution >= 4 is 19.3 Å². The van der Waals surface area contributed by atoms with Crippen molar-refractivity contribution in [3.8, 4) is 11.5 Å². The van der Waals surface area contributed by atoms with Crippen LogP contribution in [0.25, 0.3) is 5.57 Å². The Balaban J connectivity index is 1.91. The van der Waals surface area contributed by atoms with E-state index >= 15 is 0 Å². The fraction of sp³-hybridized carbons (Fsp3) is 0.267. The van der Waals surface area contributed by atoms with Gasteiger partial charge in [-0.05, 0) is 33.9 Å². The van der Waals surface area contributed by atoms with E-state index in [1.165, 1.54) is 28.0 Å². The van der Waals surface area contributed by atoms with E-state index in [-0.39, 0.29) is 11.1 Å². The molecule has 1 aliphatic rings. The van der Waals surface area contributed by atoms with Crippen LogP contribution in [0.2, 0.25) is 18.1 Å². The van der Waals surface area contributed by atoms with Crippen molar-refractivity contribution in [1.82, 2.24) is 0 Å². The van der Waals surface area contributed by atoms with Gasteiger partial charge in [-0.25, -0.2) is 0 Å². The highest BCUT2D eigenvalue weighted by Crippen LogP contribution is 2.45. The summed E-state index contributed by atoms with van der Waals surface area (Å²) in [5.41, 5.74) is 10.2. The number of anilines is 1. The highest BCUT2D eigenvalue weighted by atomic mass is 28.3. The van der Waals surface area contributed by atoms with E-state index in [0.717, 1.165) is 6.54 Å². The Kier molecular flexibility index (Phi) is 6.13. The number of nitrogens with zero attached hydrogens (tertiary/aromatic N) is 1. The average Bonchev–Trinajstić information content (AvgIpc) is 3.18. The molecule has 0 saturated heterocycles. The Bertz CT molecular complexity index is 1140. The Labute approximate surface area is 194 Å². The SMILES string of the molecule is CC(C)(C)[Si](C)(C)C#CC1=C(c2ccccc2)C(c2ccccc2)N(c2ccccc2)C1. The first kappa shape index (κ1) is 22.2. The minimum absolute atomic E-state index is 0.143. The zero-order valence-electron chi connectivity index (χ0n) is 19.9. The first-order valence-corrected chi connectivity index (χ1v) is 14.5. The molecule has 3 aromatic rings. The van der Waals surface area contributed by atoms with Gasteiger partial charge in [0, 0.05) is 11.3 Å². The van der Waals surface area contributed by atoms with E-state index in [0.29, 0.717) is 0 Å². The standard InChI is InChI=1S/C30H33NSi/c1-30(2,3)32(4,5)22-21-26-23-31(27-19-13-8-14-20-27)29(25-17-11-7-12-18-25)28(26)24-15-9-6-10-16-24/h6-20,29H,23H2,1-5H3. The zero-order chi connectivity index (χ0) is 22.8. The molecule has 1 nitrogen and oxygen atoms in total. The summed E-state index contributed by atoms with van der Waals surface area (Å²) in [6.07, 6.45) is 0. The van der Waals surface area contributed by atoms with Crippen molar-refractivity contribution in [2.45, 2.75) is 44.9 Å². The van der Waals surface area contributed by atoms with Crippen molar-refractivity contribution in [2.75, 3.05) is 11.4 Å². The molecule has 1 heterocycles. The van der Waals surface area contributed by atoms with E-state index in [4.69, 9.17) is 0 Å². The van der Waals surface area contributed by atoms with Gasteiger partial charge in [0.2, 0.25) is 0 Å². The van der Waals surface area contributed by atoms with Gasteiger partial charge in [0.1, 0.15) is 8.07 Å². The minimum Gasteiger partial charge on any atom is -0.355 e. The van der Waals surface area contributed by atoms with Crippen LogP contribution in [-0.2, 0) is 0 Å². The van der Waals surface area contributed by atoms with Gasteiger partial charge in [0.15, 0.2) is 0 Å². The summed E-state index contributed by atoms with van der Waals surface area (Å²) in [7, 11) is -1.72. The smallest absolute Gasteiger partial charge is 0.138 e. The summed E-state index contributed by atoms with van der Waals surface area (Å²) in [4.78, 5) is 2.51. The van der Waals surface area contributed by atoms with E-state index < -0.39 is 8.07 Å². The highest BCUT2D eigenvalue weighted by molar-refractivity contribution is 6.87. The van der Waals surface area contributed by atoms with Gasteiger partial charge < -0.3 is 4.90 Å². The number of hydrogen-bond acceptors (Lipinski definition) is 1. The molecule has 2 heteroatoms. The highest BCUT2D eigenvalue weighted by Gasteiger charge is 2.36. The normalized spacial score (nSPS) is 16.7. The molecule has 1 aliphatic heterocycles. The van der Waals surface area contributed by atoms with Crippen LogP contribution in [-0.4, -0.2) is 14.6 Å². The molecule has 0 saturated carbocycles. The number of hydrogen-bond donors (Lipinski definition) is 0. The lowest BCUT2D eigenvalue weighted by molar-refractivity contribution is 0.731. The van der Waals surface area contributed by atoms with Crippen LogP contribution in [0, 0.1) is 11.5 Å². The number of para-hydroxylation sites is 1. The van der Waals surface area contributed by atoms with Gasteiger partial charge in [-0.2, -0.15) is 0 Å². The number of rotatable bonds is 3. The molecule has 0 bridgehead atoms. The van der Waals surface area contributed by atoms with Crippen molar-refractivity contribution < 1.29 is 0 Å². The third kappa shape index (κ3) is 4.45. The van der Waals surface area contributed by atoms with Crippen molar-refractivity contribution in [2.24, 2.45) is 0 Å². The lowest BCUT2D eigenvalue weighted by Crippen LogP contribution is -2.35. The summed E-state index contributed by atoms with van der Waals surface area (Å²) in [6.45, 7) is 12.6. The monoisotopic (exact) mass is 435 g/mol. The van der Waals surface area contributed by atoms with Crippen LogP contribution in [0.4, 0.5) is 5.69 Å². The molecule has 4 rings (SSSR count). The summed E-state index contributed by atoms with van der Waals surface area (Å²) >= 11 is 0. The molecule has 0 amide bonds. The van der Waals surface area contributed by atoms with E-state index in [1.54, 1.807) is 0 Å². The third-order valence-corrected chi connectivity index (χ3v) is 11.4. The van der Waals surface area contributed by atoms with Gasteiger partial charge in [-0.15, -0.1) is 5.54 Å². The molecule has 0 radical (unpaired) electrons. The van der Waals surface area contributed by atoms with Gasteiger partial charge in [-0.3, -0.25) is 0 Å². The van der Waals surface area contributed by atoms with Gasteiger partial charge in [-0.1, -0.05) is 119 Å². The maximum Gasteiger partial charge on any atom is 0.138 e. The van der Waals surface area contributed by atoms with Gasteiger partial charge >= 0.3 is 0 Å². The van der Waals surface area contributed by atoms with E-state index in [1.807, 2.05) is 0 Å². The molecule has 32 heavy (non-hydrogen) atoms. The van der Waals surface area contributed by atoms with Crippen molar-refractivity contribution in [3.05, 3.63) is 108 Å². The largest absolute Gasteiger partial charge is 0.355 e. The Morgan fingerprint density at radius 3 is 1.88 bits per heavy atom. The number of benzene rings is 3. The quantitative estimate of drug-likeness (QED) is 0.300.